The number of thiophene rings is 1. The van der Waals surface area contributed by atoms with Crippen molar-refractivity contribution < 1.29 is 14.1 Å². The minimum atomic E-state index is -0.0952. The van der Waals surface area contributed by atoms with Crippen molar-refractivity contribution in [1.29, 1.82) is 0 Å². The number of benzene rings is 1. The topological polar surface area (TPSA) is 91.6 Å². The van der Waals surface area contributed by atoms with Crippen LogP contribution in [0.15, 0.2) is 46.3 Å². The maximum absolute atomic E-state index is 13.0. The Balaban J connectivity index is 1.32. The lowest BCUT2D eigenvalue weighted by Gasteiger charge is -2.30. The predicted octanol–water partition coefficient (Wildman–Crippen LogP) is 4.13. The number of hydrogen-bond donors (Lipinski definition) is 1. The summed E-state index contributed by atoms with van der Waals surface area (Å²) in [4.78, 5) is 35.2. The molecule has 0 unspecified atom stereocenters. The summed E-state index contributed by atoms with van der Waals surface area (Å²) in [5.41, 5.74) is 1.11. The van der Waals surface area contributed by atoms with Gasteiger partial charge in [0.15, 0.2) is 0 Å². The quantitative estimate of drug-likeness (QED) is 0.536. The number of nitrogens with one attached hydrogen (secondary N) is 1. The minimum Gasteiger partial charge on any atom is -0.339 e. The molecule has 1 fully saturated rings. The van der Waals surface area contributed by atoms with Crippen LogP contribution in [-0.4, -0.2) is 57.9 Å². The first-order chi connectivity index (χ1) is 16.1. The molecule has 174 valence electrons. The summed E-state index contributed by atoms with van der Waals surface area (Å²) in [6.07, 6.45) is 1.48. The Morgan fingerprint density at radius 3 is 2.61 bits per heavy atom. The van der Waals surface area contributed by atoms with Gasteiger partial charge in [0, 0.05) is 19.0 Å². The van der Waals surface area contributed by atoms with Crippen molar-refractivity contribution in [2.45, 2.75) is 33.2 Å². The van der Waals surface area contributed by atoms with E-state index in [1.165, 1.54) is 0 Å². The predicted molar refractivity (Wildman–Crippen MR) is 128 cm³/mol. The van der Waals surface area contributed by atoms with Gasteiger partial charge in [0.25, 0.3) is 5.91 Å². The Bertz CT molecular complexity index is 1070. The van der Waals surface area contributed by atoms with E-state index in [1.54, 1.807) is 28.4 Å². The number of piperidine rings is 1. The Morgan fingerprint density at radius 1 is 1.15 bits per heavy atom. The molecular weight excluding hydrogens is 438 g/mol. The van der Waals surface area contributed by atoms with Crippen molar-refractivity contribution in [2.24, 2.45) is 5.92 Å². The van der Waals surface area contributed by atoms with Crippen LogP contribution in [0, 0.1) is 5.92 Å². The summed E-state index contributed by atoms with van der Waals surface area (Å²) >= 11 is 1.58. The Morgan fingerprint density at radius 2 is 1.91 bits per heavy atom. The third-order valence-corrected chi connectivity index (χ3v) is 6.86. The average molecular weight is 468 g/mol. The molecule has 0 aliphatic carbocycles. The fourth-order valence-corrected chi connectivity index (χ4v) is 4.71. The van der Waals surface area contributed by atoms with Gasteiger partial charge in [-0.3, -0.25) is 14.5 Å². The lowest BCUT2D eigenvalue weighted by Crippen LogP contribution is -2.38. The zero-order chi connectivity index (χ0) is 23.2. The van der Waals surface area contributed by atoms with Gasteiger partial charge in [-0.2, -0.15) is 4.98 Å². The van der Waals surface area contributed by atoms with E-state index < -0.39 is 0 Å². The van der Waals surface area contributed by atoms with Crippen LogP contribution in [0.1, 0.15) is 42.9 Å². The van der Waals surface area contributed by atoms with E-state index in [4.69, 9.17) is 4.52 Å². The molecule has 0 saturated carbocycles. The lowest BCUT2D eigenvalue weighted by molar-refractivity contribution is -0.121. The van der Waals surface area contributed by atoms with E-state index in [0.717, 1.165) is 30.8 Å². The number of aromatic nitrogens is 2. The first-order valence-corrected chi connectivity index (χ1v) is 12.2. The second kappa shape index (κ2) is 10.7. The van der Waals surface area contributed by atoms with Crippen molar-refractivity contribution in [3.8, 4) is 10.7 Å². The smallest absolute Gasteiger partial charge is 0.255 e. The summed E-state index contributed by atoms with van der Waals surface area (Å²) in [5, 5.41) is 9.05. The molecule has 0 bridgehead atoms. The van der Waals surface area contributed by atoms with E-state index in [9.17, 15) is 9.59 Å². The molecule has 3 heterocycles. The highest BCUT2D eigenvalue weighted by Crippen LogP contribution is 2.25. The van der Waals surface area contributed by atoms with Gasteiger partial charge in [-0.05, 0) is 63.4 Å². The van der Waals surface area contributed by atoms with Gasteiger partial charge in [-0.25, -0.2) is 0 Å². The summed E-state index contributed by atoms with van der Waals surface area (Å²) in [6, 6.07) is 11.2. The van der Waals surface area contributed by atoms with Crippen LogP contribution < -0.4 is 5.32 Å². The molecule has 0 atom stereocenters. The maximum Gasteiger partial charge on any atom is 0.255 e. The second-order valence-electron chi connectivity index (χ2n) is 8.05. The van der Waals surface area contributed by atoms with Crippen LogP contribution in [0.25, 0.3) is 10.7 Å². The second-order valence-corrected chi connectivity index (χ2v) is 9.00. The van der Waals surface area contributed by atoms with E-state index in [1.807, 2.05) is 43.5 Å². The van der Waals surface area contributed by atoms with Crippen molar-refractivity contribution >= 4 is 28.8 Å². The van der Waals surface area contributed by atoms with E-state index in [0.29, 0.717) is 42.6 Å². The van der Waals surface area contributed by atoms with Gasteiger partial charge in [0.2, 0.25) is 17.6 Å². The SMILES string of the molecule is CCN(CC)C(=O)c1ccccc1NC(=O)C1CCN(Cc2nc(-c3cccs3)no2)CC1. The number of hydrogen-bond acceptors (Lipinski definition) is 7. The number of carbonyl (C=O) groups excluding carboxylic acids is 2. The largest absolute Gasteiger partial charge is 0.339 e. The van der Waals surface area contributed by atoms with E-state index in [-0.39, 0.29) is 17.7 Å². The summed E-state index contributed by atoms with van der Waals surface area (Å²) < 4.78 is 5.41. The number of amides is 2. The van der Waals surface area contributed by atoms with E-state index >= 15 is 0 Å². The minimum absolute atomic E-state index is 0.0350. The van der Waals surface area contributed by atoms with Crippen LogP contribution in [0.5, 0.6) is 0 Å². The van der Waals surface area contributed by atoms with Gasteiger partial charge in [-0.15, -0.1) is 11.3 Å². The lowest BCUT2D eigenvalue weighted by atomic mass is 9.95. The van der Waals surface area contributed by atoms with Gasteiger partial charge >= 0.3 is 0 Å². The molecule has 1 aliphatic heterocycles. The first-order valence-electron chi connectivity index (χ1n) is 11.4. The fraction of sp³-hybridized carbons (Fsp3) is 0.417. The zero-order valence-electron chi connectivity index (χ0n) is 19.0. The van der Waals surface area contributed by atoms with Gasteiger partial charge < -0.3 is 14.7 Å². The molecule has 1 N–H and O–H groups in total. The molecule has 0 radical (unpaired) electrons. The van der Waals surface area contributed by atoms with E-state index in [2.05, 4.69) is 20.4 Å². The zero-order valence-corrected chi connectivity index (χ0v) is 19.8. The molecule has 3 aromatic rings. The number of anilines is 1. The molecule has 1 aliphatic rings. The van der Waals surface area contributed by atoms with Gasteiger partial charge in [0.1, 0.15) is 0 Å². The Labute approximate surface area is 197 Å². The van der Waals surface area contributed by atoms with Crippen LogP contribution in [0.2, 0.25) is 0 Å². The molecule has 33 heavy (non-hydrogen) atoms. The molecule has 2 aromatic heterocycles. The van der Waals surface area contributed by atoms with Crippen molar-refractivity contribution in [3.63, 3.8) is 0 Å². The van der Waals surface area contributed by atoms with Gasteiger partial charge in [0.05, 0.1) is 22.7 Å². The molecule has 1 saturated heterocycles. The highest BCUT2D eigenvalue weighted by atomic mass is 32.1. The van der Waals surface area contributed by atoms with Crippen LogP contribution in [0.4, 0.5) is 5.69 Å². The molecule has 8 nitrogen and oxygen atoms in total. The Hall–Kier alpha value is -3.04. The summed E-state index contributed by atoms with van der Waals surface area (Å²) in [5.74, 6) is 1.01. The molecule has 4 rings (SSSR count). The standard InChI is InChI=1S/C24H29N5O3S/c1-3-29(4-2)24(31)18-8-5-6-9-19(18)25-23(30)17-11-13-28(14-12-17)16-21-26-22(27-32-21)20-10-7-15-33-20/h5-10,15,17H,3-4,11-14,16H2,1-2H3,(H,25,30). The van der Waals surface area contributed by atoms with Crippen LogP contribution in [0.3, 0.4) is 0 Å². The highest BCUT2D eigenvalue weighted by molar-refractivity contribution is 7.13. The molecule has 1 aromatic carbocycles. The molecule has 0 spiro atoms. The molecule has 2 amide bonds. The highest BCUT2D eigenvalue weighted by Gasteiger charge is 2.27. The van der Waals surface area contributed by atoms with Gasteiger partial charge in [-0.1, -0.05) is 23.4 Å². The first kappa shape index (κ1) is 23.1. The van der Waals surface area contributed by atoms with Crippen LogP contribution >= 0.6 is 11.3 Å². The number of para-hydroxylation sites is 1. The summed E-state index contributed by atoms with van der Waals surface area (Å²) in [7, 11) is 0. The number of nitrogens with zero attached hydrogens (tertiary/aromatic N) is 4. The van der Waals surface area contributed by atoms with Crippen LogP contribution in [-0.2, 0) is 11.3 Å². The number of rotatable bonds is 8. The third kappa shape index (κ3) is 5.48. The summed E-state index contributed by atoms with van der Waals surface area (Å²) in [6.45, 7) is 7.29. The van der Waals surface area contributed by atoms with Crippen molar-refractivity contribution in [3.05, 3.63) is 53.2 Å². The molecule has 9 heteroatoms. The molecular formula is C24H29N5O3S. The monoisotopic (exact) mass is 467 g/mol. The maximum atomic E-state index is 13.0. The third-order valence-electron chi connectivity index (χ3n) is 5.99. The normalized spacial score (nSPS) is 14.8. The number of carbonyl (C=O) groups is 2. The average Bonchev–Trinajstić information content (AvgIpc) is 3.53. The number of likely N-dealkylation sites (tertiary alicyclic amines) is 1. The fourth-order valence-electron chi connectivity index (χ4n) is 4.06. The van der Waals surface area contributed by atoms with Crippen molar-refractivity contribution in [2.75, 3.05) is 31.5 Å². The van der Waals surface area contributed by atoms with Crippen molar-refractivity contribution in [1.82, 2.24) is 19.9 Å². The Kier molecular flexibility index (Phi) is 7.51.